The SMILES string of the molecule is COCc1nc(Cl)cc(Sc2ccc(Cl)cn2)n1. The van der Waals surface area contributed by atoms with Crippen LogP contribution in [0.15, 0.2) is 34.4 Å². The molecule has 4 nitrogen and oxygen atoms in total. The zero-order valence-corrected chi connectivity index (χ0v) is 11.8. The van der Waals surface area contributed by atoms with Crippen molar-refractivity contribution in [3.8, 4) is 0 Å². The number of hydrogen-bond acceptors (Lipinski definition) is 5. The van der Waals surface area contributed by atoms with Crippen molar-refractivity contribution in [1.82, 2.24) is 15.0 Å². The fourth-order valence-corrected chi connectivity index (χ4v) is 2.37. The first-order valence-electron chi connectivity index (χ1n) is 4.99. The summed E-state index contributed by atoms with van der Waals surface area (Å²) in [5.74, 6) is 0.543. The molecule has 0 N–H and O–H groups in total. The Labute approximate surface area is 119 Å². The molecule has 7 heteroatoms. The molecule has 2 aromatic heterocycles. The van der Waals surface area contributed by atoms with Gasteiger partial charge in [0, 0.05) is 19.4 Å². The van der Waals surface area contributed by atoms with Crippen LogP contribution in [0.4, 0.5) is 0 Å². The average molecular weight is 302 g/mol. The normalized spacial score (nSPS) is 10.6. The van der Waals surface area contributed by atoms with Gasteiger partial charge in [-0.25, -0.2) is 15.0 Å². The predicted octanol–water partition coefficient (Wildman–Crippen LogP) is 3.48. The first kappa shape index (κ1) is 13.5. The molecular formula is C11H9Cl2N3OS. The van der Waals surface area contributed by atoms with Gasteiger partial charge in [-0.2, -0.15) is 0 Å². The van der Waals surface area contributed by atoms with Crippen molar-refractivity contribution in [2.24, 2.45) is 0 Å². The zero-order chi connectivity index (χ0) is 13.0. The summed E-state index contributed by atoms with van der Waals surface area (Å²) < 4.78 is 4.98. The lowest BCUT2D eigenvalue weighted by Gasteiger charge is -2.04. The number of nitrogens with zero attached hydrogens (tertiary/aromatic N) is 3. The maximum atomic E-state index is 5.92. The smallest absolute Gasteiger partial charge is 0.156 e. The lowest BCUT2D eigenvalue weighted by molar-refractivity contribution is 0.177. The van der Waals surface area contributed by atoms with Gasteiger partial charge in [0.15, 0.2) is 5.82 Å². The Hall–Kier alpha value is -0.880. The van der Waals surface area contributed by atoms with Crippen LogP contribution in [0.1, 0.15) is 5.82 Å². The molecule has 0 aliphatic rings. The van der Waals surface area contributed by atoms with Crippen molar-refractivity contribution >= 4 is 35.0 Å². The highest BCUT2D eigenvalue weighted by Crippen LogP contribution is 2.26. The van der Waals surface area contributed by atoms with Crippen molar-refractivity contribution in [3.05, 3.63) is 40.4 Å². The summed E-state index contributed by atoms with van der Waals surface area (Å²) in [4.78, 5) is 12.5. The van der Waals surface area contributed by atoms with Crippen molar-refractivity contribution < 1.29 is 4.74 Å². The van der Waals surface area contributed by atoms with Crippen LogP contribution in [-0.4, -0.2) is 22.1 Å². The maximum absolute atomic E-state index is 5.92. The van der Waals surface area contributed by atoms with E-state index in [0.717, 1.165) is 10.1 Å². The second kappa shape index (κ2) is 6.33. The lowest BCUT2D eigenvalue weighted by Crippen LogP contribution is -1.98. The molecule has 0 aliphatic carbocycles. The van der Waals surface area contributed by atoms with E-state index in [1.165, 1.54) is 11.8 Å². The second-order valence-corrected chi connectivity index (χ2v) is 5.16. The Kier molecular flexibility index (Phi) is 4.77. The largest absolute Gasteiger partial charge is 0.377 e. The molecule has 18 heavy (non-hydrogen) atoms. The molecule has 0 aromatic carbocycles. The lowest BCUT2D eigenvalue weighted by atomic mass is 10.5. The Balaban J connectivity index is 2.20. The molecule has 0 atom stereocenters. The molecule has 0 unspecified atom stereocenters. The minimum Gasteiger partial charge on any atom is -0.377 e. The van der Waals surface area contributed by atoms with Crippen molar-refractivity contribution in [1.29, 1.82) is 0 Å². The van der Waals surface area contributed by atoms with E-state index in [4.69, 9.17) is 27.9 Å². The maximum Gasteiger partial charge on any atom is 0.156 e. The average Bonchev–Trinajstić information content (AvgIpc) is 2.32. The molecule has 0 fully saturated rings. The third kappa shape index (κ3) is 3.81. The van der Waals surface area contributed by atoms with Gasteiger partial charge in [-0.05, 0) is 23.9 Å². The molecule has 2 heterocycles. The van der Waals surface area contributed by atoms with Crippen molar-refractivity contribution in [3.63, 3.8) is 0 Å². The van der Waals surface area contributed by atoms with Gasteiger partial charge in [0.05, 0.1) is 5.02 Å². The Bertz CT molecular complexity index is 536. The van der Waals surface area contributed by atoms with Crippen LogP contribution >= 0.6 is 35.0 Å². The van der Waals surface area contributed by atoms with E-state index in [-0.39, 0.29) is 0 Å². The predicted molar refractivity (Wildman–Crippen MR) is 71.1 cm³/mol. The molecule has 0 spiro atoms. The highest BCUT2D eigenvalue weighted by Gasteiger charge is 2.06. The quantitative estimate of drug-likeness (QED) is 0.809. The Morgan fingerprint density at radius 3 is 2.72 bits per heavy atom. The van der Waals surface area contributed by atoms with Gasteiger partial charge in [-0.15, -0.1) is 0 Å². The van der Waals surface area contributed by atoms with Gasteiger partial charge >= 0.3 is 0 Å². The number of aromatic nitrogens is 3. The molecule has 0 saturated heterocycles. The molecule has 2 rings (SSSR count). The van der Waals surface area contributed by atoms with E-state index in [9.17, 15) is 0 Å². The van der Waals surface area contributed by atoms with E-state index in [1.54, 1.807) is 25.4 Å². The Morgan fingerprint density at radius 1 is 1.22 bits per heavy atom. The summed E-state index contributed by atoms with van der Waals surface area (Å²) in [6.45, 7) is 0.322. The van der Waals surface area contributed by atoms with Crippen LogP contribution in [0.25, 0.3) is 0 Å². The first-order chi connectivity index (χ1) is 8.67. The monoisotopic (exact) mass is 301 g/mol. The van der Waals surface area contributed by atoms with Crippen LogP contribution < -0.4 is 0 Å². The van der Waals surface area contributed by atoms with Gasteiger partial charge in [0.25, 0.3) is 0 Å². The topological polar surface area (TPSA) is 47.9 Å². The first-order valence-corrected chi connectivity index (χ1v) is 6.56. The summed E-state index contributed by atoms with van der Waals surface area (Å²) in [6, 6.07) is 5.27. The van der Waals surface area contributed by atoms with E-state index < -0.39 is 0 Å². The van der Waals surface area contributed by atoms with Gasteiger partial charge in [-0.3, -0.25) is 0 Å². The summed E-state index contributed by atoms with van der Waals surface area (Å²) in [5, 5.41) is 2.49. The van der Waals surface area contributed by atoms with Crippen LogP contribution in [0.5, 0.6) is 0 Å². The van der Waals surface area contributed by atoms with E-state index in [2.05, 4.69) is 15.0 Å². The van der Waals surface area contributed by atoms with Crippen molar-refractivity contribution in [2.45, 2.75) is 16.7 Å². The molecule has 0 bridgehead atoms. The summed E-state index contributed by atoms with van der Waals surface area (Å²) in [5.41, 5.74) is 0. The zero-order valence-electron chi connectivity index (χ0n) is 9.43. The number of methoxy groups -OCH3 is 1. The number of pyridine rings is 1. The molecular weight excluding hydrogens is 293 g/mol. The number of halogens is 2. The fraction of sp³-hybridized carbons (Fsp3) is 0.182. The highest BCUT2D eigenvalue weighted by atomic mass is 35.5. The van der Waals surface area contributed by atoms with Crippen LogP contribution in [0.3, 0.4) is 0 Å². The molecule has 94 valence electrons. The molecule has 0 amide bonds. The van der Waals surface area contributed by atoms with Crippen LogP contribution in [0.2, 0.25) is 10.2 Å². The van der Waals surface area contributed by atoms with Crippen LogP contribution in [0, 0.1) is 0 Å². The summed E-state index contributed by atoms with van der Waals surface area (Å²) in [6.07, 6.45) is 1.59. The van der Waals surface area contributed by atoms with Gasteiger partial charge in [0.2, 0.25) is 0 Å². The third-order valence-electron chi connectivity index (χ3n) is 1.90. The fourth-order valence-electron chi connectivity index (χ4n) is 1.22. The van der Waals surface area contributed by atoms with Gasteiger partial charge in [0.1, 0.15) is 21.8 Å². The Morgan fingerprint density at radius 2 is 2.06 bits per heavy atom. The van der Waals surface area contributed by atoms with Crippen molar-refractivity contribution in [2.75, 3.05) is 7.11 Å². The molecule has 0 radical (unpaired) electrons. The highest BCUT2D eigenvalue weighted by molar-refractivity contribution is 7.99. The van der Waals surface area contributed by atoms with E-state index in [0.29, 0.717) is 22.6 Å². The molecule has 0 saturated carbocycles. The summed E-state index contributed by atoms with van der Waals surface area (Å²) in [7, 11) is 1.58. The standard InChI is InChI=1S/C11H9Cl2N3OS/c1-17-6-9-15-8(13)4-11(16-9)18-10-3-2-7(12)5-14-10/h2-5H,6H2,1H3. The molecule has 0 aliphatic heterocycles. The summed E-state index contributed by atoms with van der Waals surface area (Å²) >= 11 is 13.1. The van der Waals surface area contributed by atoms with E-state index in [1.807, 2.05) is 6.07 Å². The number of hydrogen-bond donors (Lipinski definition) is 0. The third-order valence-corrected chi connectivity index (χ3v) is 3.19. The minimum atomic E-state index is 0.322. The van der Waals surface area contributed by atoms with Gasteiger partial charge < -0.3 is 4.74 Å². The number of rotatable bonds is 4. The second-order valence-electron chi connectivity index (χ2n) is 3.29. The van der Waals surface area contributed by atoms with Gasteiger partial charge in [-0.1, -0.05) is 23.2 Å². The number of ether oxygens (including phenoxy) is 1. The minimum absolute atomic E-state index is 0.322. The van der Waals surface area contributed by atoms with Crippen LogP contribution in [-0.2, 0) is 11.3 Å². The van der Waals surface area contributed by atoms with E-state index >= 15 is 0 Å². The molecule has 2 aromatic rings.